The van der Waals surface area contributed by atoms with Gasteiger partial charge in [0.1, 0.15) is 0 Å². The summed E-state index contributed by atoms with van der Waals surface area (Å²) < 4.78 is 0. The van der Waals surface area contributed by atoms with Crippen LogP contribution in [0.5, 0.6) is 0 Å². The lowest BCUT2D eigenvalue weighted by molar-refractivity contribution is -0.116. The number of unbranched alkanes of at least 4 members (excludes halogenated alkanes) is 1. The van der Waals surface area contributed by atoms with Crippen molar-refractivity contribution in [2.24, 2.45) is 5.73 Å². The fourth-order valence-electron chi connectivity index (χ4n) is 0.916. The zero-order valence-corrected chi connectivity index (χ0v) is 7.89. The highest BCUT2D eigenvalue weighted by Crippen LogP contribution is 2.04. The molecule has 3 heteroatoms. The first-order chi connectivity index (χ1) is 5.70. The molecular weight excluding hydrogens is 152 g/mol. The molecule has 1 amide bonds. The van der Waals surface area contributed by atoms with Gasteiger partial charge in [0, 0.05) is 13.1 Å². The first-order valence-electron chi connectivity index (χ1n) is 4.29. The highest BCUT2D eigenvalue weighted by molar-refractivity contribution is 5.87. The number of allylic oxidation sites excluding steroid dienone is 1. The predicted octanol–water partition coefficient (Wildman–Crippen LogP) is 0.808. The van der Waals surface area contributed by atoms with E-state index in [1.54, 1.807) is 13.1 Å². The largest absolute Gasteiger partial charge is 0.356 e. The molecule has 0 aliphatic carbocycles. The molecule has 0 rings (SSSR count). The third-order valence-corrected chi connectivity index (χ3v) is 1.65. The summed E-state index contributed by atoms with van der Waals surface area (Å²) in [5.74, 6) is -0.0275. The highest BCUT2D eigenvalue weighted by Gasteiger charge is 1.94. The van der Waals surface area contributed by atoms with Crippen LogP contribution in [0.1, 0.15) is 26.2 Å². The number of nitrogens with two attached hydrogens (primary N) is 1. The molecule has 0 heterocycles. The zero-order valence-electron chi connectivity index (χ0n) is 7.89. The minimum Gasteiger partial charge on any atom is -0.356 e. The van der Waals surface area contributed by atoms with E-state index in [1.165, 1.54) is 0 Å². The number of likely N-dealkylation sites (N-methyl/N-ethyl adjacent to an activating group) is 1. The van der Waals surface area contributed by atoms with Crippen LogP contribution in [0.15, 0.2) is 11.6 Å². The SMILES string of the molecule is CNC(=O)C=C(C)CCCCN. The Morgan fingerprint density at radius 2 is 2.17 bits per heavy atom. The number of hydrogen-bond acceptors (Lipinski definition) is 2. The Hall–Kier alpha value is -0.830. The van der Waals surface area contributed by atoms with Crippen molar-refractivity contribution in [3.05, 3.63) is 11.6 Å². The Morgan fingerprint density at radius 1 is 1.50 bits per heavy atom. The summed E-state index contributed by atoms with van der Waals surface area (Å²) in [7, 11) is 1.63. The second-order valence-corrected chi connectivity index (χ2v) is 2.85. The monoisotopic (exact) mass is 170 g/mol. The molecule has 0 saturated heterocycles. The topological polar surface area (TPSA) is 55.1 Å². The van der Waals surface area contributed by atoms with Gasteiger partial charge in [0.15, 0.2) is 0 Å². The van der Waals surface area contributed by atoms with Gasteiger partial charge in [-0.25, -0.2) is 0 Å². The van der Waals surface area contributed by atoms with Gasteiger partial charge in [-0.05, 0) is 32.7 Å². The van der Waals surface area contributed by atoms with Crippen molar-refractivity contribution in [2.75, 3.05) is 13.6 Å². The Labute approximate surface area is 74.0 Å². The van der Waals surface area contributed by atoms with Crippen LogP contribution in [0.4, 0.5) is 0 Å². The Bertz CT molecular complexity index is 164. The van der Waals surface area contributed by atoms with Crippen LogP contribution in [-0.2, 0) is 4.79 Å². The molecule has 0 unspecified atom stereocenters. The van der Waals surface area contributed by atoms with Crippen molar-refractivity contribution in [3.63, 3.8) is 0 Å². The predicted molar refractivity (Wildman–Crippen MR) is 50.7 cm³/mol. The highest BCUT2D eigenvalue weighted by atomic mass is 16.1. The van der Waals surface area contributed by atoms with Gasteiger partial charge in [-0.2, -0.15) is 0 Å². The fourth-order valence-corrected chi connectivity index (χ4v) is 0.916. The van der Waals surface area contributed by atoms with Crippen molar-refractivity contribution < 1.29 is 4.79 Å². The van der Waals surface area contributed by atoms with Crippen molar-refractivity contribution in [3.8, 4) is 0 Å². The molecule has 0 atom stereocenters. The van der Waals surface area contributed by atoms with Gasteiger partial charge in [-0.15, -0.1) is 0 Å². The summed E-state index contributed by atoms with van der Waals surface area (Å²) in [6, 6.07) is 0. The molecular formula is C9H18N2O. The van der Waals surface area contributed by atoms with Gasteiger partial charge in [-0.3, -0.25) is 4.79 Å². The molecule has 3 N–H and O–H groups in total. The van der Waals surface area contributed by atoms with Gasteiger partial charge in [0.2, 0.25) is 5.91 Å². The Morgan fingerprint density at radius 3 is 2.67 bits per heavy atom. The van der Waals surface area contributed by atoms with E-state index in [9.17, 15) is 4.79 Å². The number of nitrogens with one attached hydrogen (secondary N) is 1. The third-order valence-electron chi connectivity index (χ3n) is 1.65. The molecule has 12 heavy (non-hydrogen) atoms. The zero-order chi connectivity index (χ0) is 9.40. The molecule has 0 aromatic carbocycles. The van der Waals surface area contributed by atoms with E-state index in [4.69, 9.17) is 5.73 Å². The van der Waals surface area contributed by atoms with Crippen molar-refractivity contribution in [1.82, 2.24) is 5.32 Å². The molecule has 0 fully saturated rings. The number of carbonyl (C=O) groups excluding carboxylic acids is 1. The minimum absolute atomic E-state index is 0.0275. The molecule has 0 aliphatic heterocycles. The maximum absolute atomic E-state index is 10.8. The summed E-state index contributed by atoms with van der Waals surface area (Å²) in [4.78, 5) is 10.8. The van der Waals surface area contributed by atoms with Crippen LogP contribution < -0.4 is 11.1 Å². The van der Waals surface area contributed by atoms with Crippen molar-refractivity contribution >= 4 is 5.91 Å². The van der Waals surface area contributed by atoms with E-state index in [0.29, 0.717) is 0 Å². The molecule has 0 aliphatic rings. The van der Waals surface area contributed by atoms with Crippen LogP contribution in [-0.4, -0.2) is 19.5 Å². The van der Waals surface area contributed by atoms with Gasteiger partial charge >= 0.3 is 0 Å². The average Bonchev–Trinajstić information content (AvgIpc) is 2.05. The molecule has 0 radical (unpaired) electrons. The van der Waals surface area contributed by atoms with Gasteiger partial charge in [0.25, 0.3) is 0 Å². The quantitative estimate of drug-likeness (QED) is 0.474. The molecule has 0 aromatic rings. The first-order valence-corrected chi connectivity index (χ1v) is 4.29. The fraction of sp³-hybridized carbons (Fsp3) is 0.667. The van der Waals surface area contributed by atoms with E-state index >= 15 is 0 Å². The molecule has 0 saturated carbocycles. The smallest absolute Gasteiger partial charge is 0.243 e. The Balaban J connectivity index is 3.62. The van der Waals surface area contributed by atoms with Gasteiger partial charge in [0.05, 0.1) is 0 Å². The maximum atomic E-state index is 10.8. The van der Waals surface area contributed by atoms with Crippen LogP contribution in [0.2, 0.25) is 0 Å². The van der Waals surface area contributed by atoms with Crippen molar-refractivity contribution in [2.45, 2.75) is 26.2 Å². The summed E-state index contributed by atoms with van der Waals surface area (Å²) in [6.07, 6.45) is 4.69. The first kappa shape index (κ1) is 11.2. The summed E-state index contributed by atoms with van der Waals surface area (Å²) >= 11 is 0. The second kappa shape index (κ2) is 6.85. The van der Waals surface area contributed by atoms with E-state index < -0.39 is 0 Å². The molecule has 0 spiro atoms. The van der Waals surface area contributed by atoms with Gasteiger partial charge in [-0.1, -0.05) is 5.57 Å². The molecule has 0 bridgehead atoms. The standard InChI is InChI=1S/C9H18N2O/c1-8(5-3-4-6-10)7-9(12)11-2/h7H,3-6,10H2,1-2H3,(H,11,12). The van der Waals surface area contributed by atoms with E-state index in [-0.39, 0.29) is 5.91 Å². The average molecular weight is 170 g/mol. The summed E-state index contributed by atoms with van der Waals surface area (Å²) in [5.41, 5.74) is 6.46. The van der Waals surface area contributed by atoms with E-state index in [2.05, 4.69) is 5.32 Å². The third kappa shape index (κ3) is 5.92. The summed E-state index contributed by atoms with van der Waals surface area (Å²) in [5, 5.41) is 2.55. The van der Waals surface area contributed by atoms with E-state index in [0.717, 1.165) is 31.4 Å². The van der Waals surface area contributed by atoms with Crippen LogP contribution in [0, 0.1) is 0 Å². The summed E-state index contributed by atoms with van der Waals surface area (Å²) in [6.45, 7) is 2.69. The normalized spacial score (nSPS) is 11.4. The van der Waals surface area contributed by atoms with Gasteiger partial charge < -0.3 is 11.1 Å². The van der Waals surface area contributed by atoms with Crippen LogP contribution in [0.3, 0.4) is 0 Å². The minimum atomic E-state index is -0.0275. The molecule has 0 aromatic heterocycles. The second-order valence-electron chi connectivity index (χ2n) is 2.85. The number of amides is 1. The number of rotatable bonds is 5. The lowest BCUT2D eigenvalue weighted by Gasteiger charge is -1.99. The Kier molecular flexibility index (Phi) is 6.38. The van der Waals surface area contributed by atoms with Crippen LogP contribution >= 0.6 is 0 Å². The lowest BCUT2D eigenvalue weighted by Crippen LogP contribution is -2.14. The maximum Gasteiger partial charge on any atom is 0.243 e. The van der Waals surface area contributed by atoms with Crippen molar-refractivity contribution in [1.29, 1.82) is 0 Å². The lowest BCUT2D eigenvalue weighted by atomic mass is 10.1. The van der Waals surface area contributed by atoms with Crippen LogP contribution in [0.25, 0.3) is 0 Å². The van der Waals surface area contributed by atoms with E-state index in [1.807, 2.05) is 6.92 Å². The molecule has 70 valence electrons. The number of hydrogen-bond donors (Lipinski definition) is 2. The molecule has 3 nitrogen and oxygen atoms in total. The number of carbonyl (C=O) groups is 1.